The van der Waals surface area contributed by atoms with Crippen LogP contribution in [0.2, 0.25) is 0 Å². The van der Waals surface area contributed by atoms with Crippen molar-refractivity contribution >= 4 is 40.9 Å². The Morgan fingerprint density at radius 3 is 2.31 bits per heavy atom. The summed E-state index contributed by atoms with van der Waals surface area (Å²) in [4.78, 5) is 25.6. The number of benzene rings is 1. The van der Waals surface area contributed by atoms with Crippen LogP contribution in [0.15, 0.2) is 52.6 Å². The molecule has 3 rings (SSSR count). The van der Waals surface area contributed by atoms with Crippen LogP contribution in [0.25, 0.3) is 0 Å². The van der Waals surface area contributed by atoms with Crippen LogP contribution in [0.4, 0.5) is 17.2 Å². The number of para-hydroxylation sites is 1. The van der Waals surface area contributed by atoms with E-state index in [0.717, 1.165) is 12.8 Å². The average Bonchev–Trinajstić information content (AvgIpc) is 3.79. The highest BCUT2D eigenvalue weighted by molar-refractivity contribution is 6.07. The number of aliphatic imine (C=N–C) groups is 2. The number of carbonyl (C=O) groups excluding carboxylic acids is 1. The molecule has 1 aliphatic carbocycles. The Morgan fingerprint density at radius 2 is 1.79 bits per heavy atom. The second kappa shape index (κ2) is 18.4. The number of nitrogens with zero attached hydrogens (tertiary/aromatic N) is 3. The summed E-state index contributed by atoms with van der Waals surface area (Å²) in [6, 6.07) is 7.21. The van der Waals surface area contributed by atoms with Crippen molar-refractivity contribution in [3.8, 4) is 5.75 Å². The van der Waals surface area contributed by atoms with E-state index in [-0.39, 0.29) is 17.5 Å². The third-order valence-electron chi connectivity index (χ3n) is 5.44. The number of amidine groups is 2. The quantitative estimate of drug-likeness (QED) is 0.171. The highest BCUT2D eigenvalue weighted by Crippen LogP contribution is 2.37. The number of rotatable bonds is 9. The molecule has 0 bridgehead atoms. The largest absolute Gasteiger partial charge is 0.494 e. The van der Waals surface area contributed by atoms with E-state index in [1.807, 2.05) is 31.2 Å². The van der Waals surface area contributed by atoms with Crippen LogP contribution in [-0.2, 0) is 0 Å². The standard InChI is InChI=1S/C24H28N6O2.C4H10.C3H8/c1-5-8-20(26-3)30-21-13-19(17(14-28-21)22(31)15-11-12-15)29-18-10-7-9-16(23(18)32-4)24(25)27-6-2;1-3-4-2;1-3-2/h5-10,13-15,25H,11-12H2,1-4H3,(H2,26,28,29,30);3-4H2,1-2H3;3H2,1-2H3/b8-5-,25-24?,27-6?;;. The highest BCUT2D eigenvalue weighted by atomic mass is 16.5. The maximum Gasteiger partial charge on any atom is 0.169 e. The van der Waals surface area contributed by atoms with Gasteiger partial charge in [0, 0.05) is 31.4 Å². The smallest absolute Gasteiger partial charge is 0.169 e. The summed E-state index contributed by atoms with van der Waals surface area (Å²) in [6.07, 6.45) is 12.6. The number of hydrogen-bond donors (Lipinski definition) is 3. The Bertz CT molecular complexity index is 1150. The third-order valence-corrected chi connectivity index (χ3v) is 5.44. The lowest BCUT2D eigenvalue weighted by Gasteiger charge is -2.17. The zero-order chi connectivity index (χ0) is 29.2. The predicted octanol–water partition coefficient (Wildman–Crippen LogP) is 8.08. The van der Waals surface area contributed by atoms with Crippen molar-refractivity contribution in [3.05, 3.63) is 53.7 Å². The Hall–Kier alpha value is -3.81. The number of nitrogens with one attached hydrogen (secondary N) is 3. The summed E-state index contributed by atoms with van der Waals surface area (Å²) in [7, 11) is 3.24. The van der Waals surface area contributed by atoms with Gasteiger partial charge < -0.3 is 15.4 Å². The number of anilines is 3. The molecule has 1 heterocycles. The van der Waals surface area contributed by atoms with Crippen molar-refractivity contribution in [2.75, 3.05) is 24.8 Å². The Balaban J connectivity index is 0.000000975. The van der Waals surface area contributed by atoms with E-state index in [2.05, 4.69) is 53.3 Å². The van der Waals surface area contributed by atoms with E-state index < -0.39 is 0 Å². The van der Waals surface area contributed by atoms with E-state index in [1.165, 1.54) is 19.3 Å². The van der Waals surface area contributed by atoms with E-state index in [0.29, 0.717) is 39.9 Å². The molecule has 1 fully saturated rings. The van der Waals surface area contributed by atoms with E-state index in [1.54, 1.807) is 45.6 Å². The van der Waals surface area contributed by atoms with Crippen molar-refractivity contribution in [1.29, 1.82) is 5.41 Å². The lowest BCUT2D eigenvalue weighted by molar-refractivity contribution is 0.0968. The highest BCUT2D eigenvalue weighted by Gasteiger charge is 2.32. The maximum atomic E-state index is 12.9. The molecule has 39 heavy (non-hydrogen) atoms. The molecular formula is C31H46N6O2. The van der Waals surface area contributed by atoms with Crippen molar-refractivity contribution in [1.82, 2.24) is 4.98 Å². The van der Waals surface area contributed by atoms with Gasteiger partial charge in [-0.05, 0) is 44.9 Å². The molecule has 0 atom stereocenters. The third kappa shape index (κ3) is 10.8. The first-order valence-corrected chi connectivity index (χ1v) is 13.8. The van der Waals surface area contributed by atoms with Gasteiger partial charge >= 0.3 is 0 Å². The monoisotopic (exact) mass is 534 g/mol. The molecule has 0 radical (unpaired) electrons. The number of allylic oxidation sites excluding steroid dienone is 1. The molecule has 1 aliphatic rings. The summed E-state index contributed by atoms with van der Waals surface area (Å²) < 4.78 is 5.60. The van der Waals surface area contributed by atoms with Crippen LogP contribution in [0.1, 0.15) is 89.6 Å². The number of ether oxygens (including phenoxy) is 1. The van der Waals surface area contributed by atoms with Gasteiger partial charge in [-0.15, -0.1) is 0 Å². The second-order valence-electron chi connectivity index (χ2n) is 8.94. The molecule has 0 spiro atoms. The van der Waals surface area contributed by atoms with Crippen LogP contribution in [0, 0.1) is 11.3 Å². The number of Topliss-reactive ketones (excluding diaryl/α,β-unsaturated/α-hetero) is 1. The normalized spacial score (nSPS) is 12.8. The molecule has 0 unspecified atom stereocenters. The molecular weight excluding hydrogens is 488 g/mol. The van der Waals surface area contributed by atoms with Crippen LogP contribution in [0.5, 0.6) is 5.75 Å². The van der Waals surface area contributed by atoms with Crippen molar-refractivity contribution < 1.29 is 9.53 Å². The molecule has 2 aromatic rings. The fourth-order valence-corrected chi connectivity index (χ4v) is 3.24. The number of pyridine rings is 1. The number of aromatic nitrogens is 1. The number of hydrogen-bond acceptors (Lipinski definition) is 6. The van der Waals surface area contributed by atoms with Crippen molar-refractivity contribution in [3.63, 3.8) is 0 Å². The van der Waals surface area contributed by atoms with Crippen molar-refractivity contribution in [2.24, 2.45) is 15.9 Å². The van der Waals surface area contributed by atoms with Gasteiger partial charge in [0.25, 0.3) is 0 Å². The zero-order valence-corrected chi connectivity index (χ0v) is 24.9. The second-order valence-corrected chi connectivity index (χ2v) is 8.94. The minimum atomic E-state index is 0.0484. The first kappa shape index (κ1) is 33.2. The van der Waals surface area contributed by atoms with Gasteiger partial charge in [-0.25, -0.2) is 9.98 Å². The number of methoxy groups -OCH3 is 1. The summed E-state index contributed by atoms with van der Waals surface area (Å²) in [6.45, 7) is 12.3. The van der Waals surface area contributed by atoms with Crippen LogP contribution < -0.4 is 15.4 Å². The first-order valence-electron chi connectivity index (χ1n) is 13.8. The van der Waals surface area contributed by atoms with Gasteiger partial charge in [0.2, 0.25) is 0 Å². The van der Waals surface area contributed by atoms with Gasteiger partial charge in [0.15, 0.2) is 17.4 Å². The topological polar surface area (TPSA) is 112 Å². The van der Waals surface area contributed by atoms with E-state index in [9.17, 15) is 4.79 Å². The van der Waals surface area contributed by atoms with E-state index >= 15 is 0 Å². The molecule has 0 saturated heterocycles. The van der Waals surface area contributed by atoms with Crippen LogP contribution in [0.3, 0.4) is 0 Å². The summed E-state index contributed by atoms with van der Waals surface area (Å²) in [5.41, 5.74) is 2.30. The van der Waals surface area contributed by atoms with Crippen molar-refractivity contribution in [2.45, 2.75) is 73.6 Å². The Labute approximate surface area is 234 Å². The minimum absolute atomic E-state index is 0.0484. The molecule has 1 saturated carbocycles. The van der Waals surface area contributed by atoms with Gasteiger partial charge in [-0.3, -0.25) is 15.2 Å². The Kier molecular flexibility index (Phi) is 15.7. The van der Waals surface area contributed by atoms with Gasteiger partial charge in [-0.1, -0.05) is 59.1 Å². The summed E-state index contributed by atoms with van der Waals surface area (Å²) >= 11 is 0. The van der Waals surface area contributed by atoms with Gasteiger partial charge in [-0.2, -0.15) is 0 Å². The molecule has 0 aliphatic heterocycles. The van der Waals surface area contributed by atoms with Crippen LogP contribution in [-0.4, -0.2) is 42.8 Å². The van der Waals surface area contributed by atoms with Gasteiger partial charge in [0.1, 0.15) is 11.7 Å². The minimum Gasteiger partial charge on any atom is -0.494 e. The fraction of sp³-hybridized carbons (Fsp3) is 0.452. The lowest BCUT2D eigenvalue weighted by Crippen LogP contribution is -2.13. The first-order chi connectivity index (χ1) is 18.8. The molecule has 8 heteroatoms. The molecule has 1 aromatic carbocycles. The van der Waals surface area contributed by atoms with Crippen LogP contribution >= 0.6 is 0 Å². The fourth-order valence-electron chi connectivity index (χ4n) is 3.24. The van der Waals surface area contributed by atoms with E-state index in [4.69, 9.17) is 10.1 Å². The number of carbonyl (C=O) groups is 1. The summed E-state index contributed by atoms with van der Waals surface area (Å²) in [5, 5.41) is 14.7. The van der Waals surface area contributed by atoms with Gasteiger partial charge in [0.05, 0.1) is 29.6 Å². The predicted molar refractivity (Wildman–Crippen MR) is 167 cm³/mol. The lowest BCUT2D eigenvalue weighted by atomic mass is 10.1. The average molecular weight is 535 g/mol. The maximum absolute atomic E-state index is 12.9. The molecule has 0 amide bonds. The zero-order valence-electron chi connectivity index (χ0n) is 24.9. The molecule has 3 N–H and O–H groups in total. The molecule has 212 valence electrons. The SMILES string of the molecule is CC=NC(=N)c1cccc(Nc2cc(NC(/C=C\C)=NC)ncc2C(=O)C2CC2)c1OC.CCC.CCCC. The molecule has 8 nitrogen and oxygen atoms in total. The summed E-state index contributed by atoms with van der Waals surface area (Å²) in [5.74, 6) is 1.89. The Morgan fingerprint density at radius 1 is 1.13 bits per heavy atom. The number of unbranched alkanes of at least 4 members (excludes halogenated alkanes) is 1. The number of ketones is 1. The molecule has 1 aromatic heterocycles.